The molecule has 1 saturated carbocycles. The largest absolute Gasteiger partial charge is 0.373 e. The van der Waals surface area contributed by atoms with E-state index in [9.17, 15) is 8.42 Å². The maximum absolute atomic E-state index is 11.7. The highest BCUT2D eigenvalue weighted by Crippen LogP contribution is 2.53. The van der Waals surface area contributed by atoms with Crippen LogP contribution in [0.25, 0.3) is 0 Å². The molecule has 0 spiro atoms. The average molecular weight is 415 g/mol. The molecule has 2 fully saturated rings. The Labute approximate surface area is 174 Å². The molecule has 1 saturated heterocycles. The van der Waals surface area contributed by atoms with Crippen LogP contribution in [-0.2, 0) is 26.8 Å². The Balaban J connectivity index is 1.53. The van der Waals surface area contributed by atoms with Gasteiger partial charge >= 0.3 is 0 Å². The topological polar surface area (TPSA) is 58.6 Å². The van der Waals surface area contributed by atoms with Gasteiger partial charge in [-0.1, -0.05) is 42.5 Å². The fraction of sp³-hybridized carbons (Fsp3) is 0.478. The molecular formula is C23H30N2O3S. The number of nitrogens with zero attached hydrogens (tertiary/aromatic N) is 1. The van der Waals surface area contributed by atoms with Crippen LogP contribution in [0, 0.1) is 11.8 Å². The van der Waals surface area contributed by atoms with E-state index in [4.69, 9.17) is 4.74 Å². The van der Waals surface area contributed by atoms with Crippen LogP contribution in [-0.4, -0.2) is 46.3 Å². The highest BCUT2D eigenvalue weighted by molar-refractivity contribution is 7.92. The van der Waals surface area contributed by atoms with Gasteiger partial charge in [-0.2, -0.15) is 0 Å². The summed E-state index contributed by atoms with van der Waals surface area (Å²) >= 11 is 0. The third-order valence-corrected chi connectivity index (χ3v) is 7.15. The number of hydrogen-bond acceptors (Lipinski definition) is 4. The zero-order valence-electron chi connectivity index (χ0n) is 17.2. The van der Waals surface area contributed by atoms with Gasteiger partial charge in [0.1, 0.15) is 5.60 Å². The van der Waals surface area contributed by atoms with Crippen molar-refractivity contribution in [1.29, 1.82) is 0 Å². The summed E-state index contributed by atoms with van der Waals surface area (Å²) in [6.07, 6.45) is 4.53. The van der Waals surface area contributed by atoms with Crippen LogP contribution < -0.4 is 4.72 Å². The van der Waals surface area contributed by atoms with Crippen molar-refractivity contribution >= 4 is 15.7 Å². The molecule has 6 heteroatoms. The first-order valence-corrected chi connectivity index (χ1v) is 12.2. The SMILES string of the molecule is COC1(c2cccc(NS(C)(=O)=O)c2)C2CCC1CN(CCc1ccccc1)C2. The normalized spacial score (nSPS) is 27.1. The summed E-state index contributed by atoms with van der Waals surface area (Å²) in [4.78, 5) is 2.57. The van der Waals surface area contributed by atoms with Gasteiger partial charge in [-0.05, 0) is 42.5 Å². The first kappa shape index (κ1) is 20.4. The third kappa shape index (κ3) is 4.20. The van der Waals surface area contributed by atoms with Crippen LogP contribution in [0.2, 0.25) is 0 Å². The van der Waals surface area contributed by atoms with E-state index in [2.05, 4.69) is 46.0 Å². The lowest BCUT2D eigenvalue weighted by atomic mass is 9.74. The minimum Gasteiger partial charge on any atom is -0.373 e. The fourth-order valence-electron chi connectivity index (χ4n) is 5.39. The minimum atomic E-state index is -3.30. The molecule has 1 N–H and O–H groups in total. The van der Waals surface area contributed by atoms with Gasteiger partial charge in [-0.25, -0.2) is 8.42 Å². The van der Waals surface area contributed by atoms with Gasteiger partial charge in [0.25, 0.3) is 0 Å². The maximum atomic E-state index is 11.7. The molecule has 1 aliphatic carbocycles. The quantitative estimate of drug-likeness (QED) is 0.754. The number of methoxy groups -OCH3 is 1. The summed E-state index contributed by atoms with van der Waals surface area (Å²) < 4.78 is 32.2. The highest BCUT2D eigenvalue weighted by atomic mass is 32.2. The minimum absolute atomic E-state index is 0.335. The molecule has 2 unspecified atom stereocenters. The number of sulfonamides is 1. The Hall–Kier alpha value is -1.89. The highest BCUT2D eigenvalue weighted by Gasteiger charge is 2.55. The molecule has 2 bridgehead atoms. The van der Waals surface area contributed by atoms with Crippen LogP contribution in [0.5, 0.6) is 0 Å². The summed E-state index contributed by atoms with van der Waals surface area (Å²) in [6, 6.07) is 18.4. The van der Waals surface area contributed by atoms with Crippen LogP contribution in [0.1, 0.15) is 24.0 Å². The number of nitrogens with one attached hydrogen (secondary N) is 1. The van der Waals surface area contributed by atoms with Gasteiger partial charge in [0, 0.05) is 44.3 Å². The van der Waals surface area contributed by atoms with Crippen LogP contribution >= 0.6 is 0 Å². The molecular weight excluding hydrogens is 384 g/mol. The van der Waals surface area contributed by atoms with Gasteiger partial charge in [0.15, 0.2) is 0 Å². The number of piperidine rings is 1. The Morgan fingerprint density at radius 1 is 1.07 bits per heavy atom. The predicted octanol–water partition coefficient (Wildman–Crippen LogP) is 3.48. The number of hydrogen-bond donors (Lipinski definition) is 1. The molecule has 2 aliphatic rings. The standard InChI is InChI=1S/C23H30N2O3S/c1-28-23(19-9-6-10-22(15-19)24-29(2,26)27)20-11-12-21(23)17-25(16-20)14-13-18-7-4-3-5-8-18/h3-10,15,20-21,24H,11-14,16-17H2,1-2H3. The van der Waals surface area contributed by atoms with E-state index in [0.717, 1.165) is 44.5 Å². The summed E-state index contributed by atoms with van der Waals surface area (Å²) in [5.41, 5.74) is 2.73. The maximum Gasteiger partial charge on any atom is 0.229 e. The van der Waals surface area contributed by atoms with Gasteiger partial charge in [-0.15, -0.1) is 0 Å². The molecule has 0 aromatic heterocycles. The van der Waals surface area contributed by atoms with Crippen molar-refractivity contribution in [1.82, 2.24) is 4.90 Å². The Morgan fingerprint density at radius 3 is 2.38 bits per heavy atom. The predicted molar refractivity (Wildman–Crippen MR) is 116 cm³/mol. The monoisotopic (exact) mass is 414 g/mol. The Morgan fingerprint density at radius 2 is 1.76 bits per heavy atom. The number of rotatable bonds is 7. The van der Waals surface area contributed by atoms with Crippen molar-refractivity contribution in [2.24, 2.45) is 11.8 Å². The summed E-state index contributed by atoms with van der Waals surface area (Å²) in [5, 5.41) is 0. The molecule has 0 radical (unpaired) electrons. The van der Waals surface area contributed by atoms with E-state index >= 15 is 0 Å². The number of likely N-dealkylation sites (tertiary alicyclic amines) is 1. The van der Waals surface area contributed by atoms with E-state index in [1.807, 2.05) is 19.2 Å². The second kappa shape index (κ2) is 8.09. The molecule has 2 aromatic carbocycles. The molecule has 0 amide bonds. The molecule has 4 rings (SSSR count). The lowest BCUT2D eigenvalue weighted by molar-refractivity contribution is -0.118. The lowest BCUT2D eigenvalue weighted by Gasteiger charge is -2.47. The van der Waals surface area contributed by atoms with Crippen LogP contribution in [0.4, 0.5) is 5.69 Å². The van der Waals surface area contributed by atoms with E-state index in [0.29, 0.717) is 17.5 Å². The van der Waals surface area contributed by atoms with Gasteiger partial charge in [0.05, 0.1) is 6.26 Å². The first-order valence-electron chi connectivity index (χ1n) is 10.3. The van der Waals surface area contributed by atoms with Crippen molar-refractivity contribution in [3.63, 3.8) is 0 Å². The van der Waals surface area contributed by atoms with E-state index in [-0.39, 0.29) is 5.60 Å². The zero-order chi connectivity index (χ0) is 20.5. The molecule has 1 aliphatic heterocycles. The summed E-state index contributed by atoms with van der Waals surface area (Å²) in [6.45, 7) is 3.09. The smallest absolute Gasteiger partial charge is 0.229 e. The second-order valence-corrected chi connectivity index (χ2v) is 10.2. The Kier molecular flexibility index (Phi) is 5.69. The summed E-state index contributed by atoms with van der Waals surface area (Å²) in [7, 11) is -1.50. The molecule has 1 heterocycles. The second-order valence-electron chi connectivity index (χ2n) is 8.42. The van der Waals surface area contributed by atoms with Crippen LogP contribution in [0.3, 0.4) is 0 Å². The molecule has 156 valence electrons. The third-order valence-electron chi connectivity index (χ3n) is 6.55. The van der Waals surface area contributed by atoms with E-state index in [1.165, 1.54) is 11.8 Å². The first-order chi connectivity index (χ1) is 13.9. The lowest BCUT2D eigenvalue weighted by Crippen LogP contribution is -2.53. The van der Waals surface area contributed by atoms with Crippen molar-refractivity contribution in [2.45, 2.75) is 24.9 Å². The average Bonchev–Trinajstić information content (AvgIpc) is 2.89. The van der Waals surface area contributed by atoms with Crippen LogP contribution in [0.15, 0.2) is 54.6 Å². The van der Waals surface area contributed by atoms with Gasteiger partial charge < -0.3 is 9.64 Å². The number of ether oxygens (including phenoxy) is 1. The molecule has 2 atom stereocenters. The number of fused-ring (bicyclic) bond motifs is 2. The number of benzene rings is 2. The number of anilines is 1. The Bertz CT molecular complexity index is 932. The van der Waals surface area contributed by atoms with Crippen molar-refractivity contribution in [3.8, 4) is 0 Å². The molecule has 2 aromatic rings. The van der Waals surface area contributed by atoms with Crippen molar-refractivity contribution in [3.05, 3.63) is 65.7 Å². The zero-order valence-corrected chi connectivity index (χ0v) is 18.0. The summed E-state index contributed by atoms with van der Waals surface area (Å²) in [5.74, 6) is 0.825. The van der Waals surface area contributed by atoms with Crippen molar-refractivity contribution in [2.75, 3.05) is 37.7 Å². The van der Waals surface area contributed by atoms with E-state index < -0.39 is 10.0 Å². The molecule has 29 heavy (non-hydrogen) atoms. The fourth-order valence-corrected chi connectivity index (χ4v) is 5.95. The van der Waals surface area contributed by atoms with E-state index in [1.54, 1.807) is 6.07 Å². The van der Waals surface area contributed by atoms with Gasteiger partial charge in [0.2, 0.25) is 10.0 Å². The van der Waals surface area contributed by atoms with Gasteiger partial charge in [-0.3, -0.25) is 4.72 Å². The molecule has 5 nitrogen and oxygen atoms in total. The van der Waals surface area contributed by atoms with Crippen molar-refractivity contribution < 1.29 is 13.2 Å².